The molecule has 8 heteroatoms. The number of aromatic hydroxyl groups is 2. The molecule has 3 saturated heterocycles. The molecule has 7 heterocycles. The largest absolute Gasteiger partial charge is 0.508 e. The van der Waals surface area contributed by atoms with E-state index in [4.69, 9.17) is 14.5 Å². The lowest BCUT2D eigenvalue weighted by atomic mass is 9.62. The van der Waals surface area contributed by atoms with Gasteiger partial charge in [0.1, 0.15) is 5.75 Å². The minimum Gasteiger partial charge on any atom is -0.508 e. The van der Waals surface area contributed by atoms with Crippen molar-refractivity contribution in [2.45, 2.75) is 108 Å². The van der Waals surface area contributed by atoms with Crippen molar-refractivity contribution in [1.82, 2.24) is 14.4 Å². The monoisotopic (exact) mass is 742 g/mol. The van der Waals surface area contributed by atoms with E-state index in [9.17, 15) is 10.2 Å². The highest BCUT2D eigenvalue weighted by molar-refractivity contribution is 6.03. The van der Waals surface area contributed by atoms with Crippen molar-refractivity contribution in [3.8, 4) is 23.0 Å². The summed E-state index contributed by atoms with van der Waals surface area (Å²) >= 11 is 0. The number of nitrogens with zero attached hydrogens (tertiary/aromatic N) is 4. The molecule has 1 unspecified atom stereocenters. The van der Waals surface area contributed by atoms with Gasteiger partial charge in [-0.25, -0.2) is 0 Å². The average Bonchev–Trinajstić information content (AvgIpc) is 3.72. The summed E-state index contributed by atoms with van der Waals surface area (Å²) in [4.78, 5) is 11.4. The van der Waals surface area contributed by atoms with E-state index in [0.29, 0.717) is 35.1 Å². The molecule has 10 rings (SSSR count). The van der Waals surface area contributed by atoms with Crippen molar-refractivity contribution < 1.29 is 19.7 Å². The van der Waals surface area contributed by atoms with Gasteiger partial charge < -0.3 is 29.2 Å². The number of ether oxygens (including phenoxy) is 2. The lowest BCUT2D eigenvalue weighted by Crippen LogP contribution is -2.53. The van der Waals surface area contributed by atoms with Crippen LogP contribution in [0.3, 0.4) is 0 Å². The second-order valence-corrected chi connectivity index (χ2v) is 18.0. The smallest absolute Gasteiger partial charge is 0.200 e. The first-order valence-electron chi connectivity index (χ1n) is 21.2. The van der Waals surface area contributed by atoms with Crippen molar-refractivity contribution in [2.24, 2.45) is 15.8 Å². The zero-order valence-electron chi connectivity index (χ0n) is 33.3. The molecule has 6 aliphatic rings. The average molecular weight is 743 g/mol. The van der Waals surface area contributed by atoms with Gasteiger partial charge in [-0.15, -0.1) is 0 Å². The van der Waals surface area contributed by atoms with Crippen LogP contribution in [-0.2, 0) is 18.3 Å². The number of fused-ring (bicyclic) bond motifs is 8. The Hall–Kier alpha value is -4.01. The molecule has 0 saturated carbocycles. The number of rotatable bonds is 7. The zero-order chi connectivity index (χ0) is 37.7. The van der Waals surface area contributed by atoms with Crippen molar-refractivity contribution in [3.63, 3.8) is 0 Å². The molecule has 4 aromatic rings. The van der Waals surface area contributed by atoms with Crippen LogP contribution in [0.2, 0.25) is 0 Å². The Morgan fingerprint density at radius 2 is 1.65 bits per heavy atom. The van der Waals surface area contributed by atoms with Crippen molar-refractivity contribution in [2.75, 3.05) is 46.9 Å². The van der Waals surface area contributed by atoms with E-state index in [1.165, 1.54) is 72.1 Å². The molecule has 3 fully saturated rings. The van der Waals surface area contributed by atoms with Crippen LogP contribution in [0.1, 0.15) is 118 Å². The number of methoxy groups -OCH3 is 2. The van der Waals surface area contributed by atoms with Gasteiger partial charge in [0.15, 0.2) is 11.5 Å². The quantitative estimate of drug-likeness (QED) is 0.197. The number of hydrogen-bond acceptors (Lipinski definition) is 7. The minimum atomic E-state index is -0.378. The lowest BCUT2D eigenvalue weighted by Gasteiger charge is -2.57. The van der Waals surface area contributed by atoms with Gasteiger partial charge in [-0.1, -0.05) is 38.1 Å². The molecular formula is C47H58N4O4. The fraction of sp³-hybridized carbons (Fsp3) is 0.553. The number of phenolic OH excluding ortho intramolecular Hbond substituents is 2. The van der Waals surface area contributed by atoms with Crippen LogP contribution in [0.15, 0.2) is 53.5 Å². The Morgan fingerprint density at radius 1 is 0.855 bits per heavy atom. The summed E-state index contributed by atoms with van der Waals surface area (Å²) in [7, 11) is 3.21. The molecule has 0 spiro atoms. The van der Waals surface area contributed by atoms with E-state index in [2.05, 4.69) is 58.5 Å². The van der Waals surface area contributed by atoms with Gasteiger partial charge in [0, 0.05) is 46.4 Å². The number of aliphatic imine (C=N–C) groups is 1. The highest BCUT2D eigenvalue weighted by Gasteiger charge is 2.55. The number of aromatic nitrogens is 1. The van der Waals surface area contributed by atoms with E-state index in [1.807, 2.05) is 18.2 Å². The molecule has 0 aliphatic carbocycles. The minimum absolute atomic E-state index is 0.0227. The van der Waals surface area contributed by atoms with E-state index in [1.54, 1.807) is 14.2 Å². The maximum Gasteiger partial charge on any atom is 0.200 e. The molecule has 0 amide bonds. The van der Waals surface area contributed by atoms with Gasteiger partial charge in [0.2, 0.25) is 5.75 Å². The summed E-state index contributed by atoms with van der Waals surface area (Å²) < 4.78 is 14.1. The summed E-state index contributed by atoms with van der Waals surface area (Å²) in [5, 5.41) is 24.7. The fourth-order valence-electron chi connectivity index (χ4n) is 12.9. The third kappa shape index (κ3) is 5.12. The standard InChI is InChI=1S/C47H58N4O4/c1-5-45-17-9-21-49(29-45)24-20-47(27-30-25-37(54-3)43(53)38(26-30)55-4)33-13-14-36(52)40(41(33)48-39(47)15-19-45)35-28-46(6-2)18-10-22-50-23-16-32-31-11-7-8-12-34(31)51(35)42(32)44(46)50/h7-8,11-14,25-26,35,44,52-53H,5-6,9-10,15-24,27-29H2,1-4H3/t35-,44-,45+,46+,47+/m0/s1. The van der Waals surface area contributed by atoms with Crippen molar-refractivity contribution >= 4 is 22.3 Å². The summed E-state index contributed by atoms with van der Waals surface area (Å²) in [5.74, 6) is 1.25. The highest BCUT2D eigenvalue weighted by atomic mass is 16.5. The summed E-state index contributed by atoms with van der Waals surface area (Å²) in [6.07, 6.45) is 13.1. The number of hydrogen-bond donors (Lipinski definition) is 2. The first-order chi connectivity index (χ1) is 26.8. The second kappa shape index (κ2) is 13.0. The maximum absolute atomic E-state index is 12.3. The SMILES string of the molecule is CC[C@@]12CCCN(CC[C@]3(Cc4cc(OC)c(O)c(OC)c4)C(=Nc4c3ccc(O)c4[C@@H]3C[C@@]4(CC)CCCN5CCc6c(n3c3ccccc63)[C@H]54)CC1)C2. The van der Waals surface area contributed by atoms with E-state index < -0.39 is 0 Å². The van der Waals surface area contributed by atoms with Crippen LogP contribution in [0.4, 0.5) is 5.69 Å². The van der Waals surface area contributed by atoms with Crippen LogP contribution >= 0.6 is 0 Å². The first-order valence-corrected chi connectivity index (χ1v) is 21.2. The fourth-order valence-corrected chi connectivity index (χ4v) is 12.9. The molecule has 6 aliphatic heterocycles. The van der Waals surface area contributed by atoms with Crippen LogP contribution < -0.4 is 9.47 Å². The van der Waals surface area contributed by atoms with E-state index in [-0.39, 0.29) is 22.6 Å². The molecule has 8 nitrogen and oxygen atoms in total. The maximum atomic E-state index is 12.3. The van der Waals surface area contributed by atoms with Gasteiger partial charge in [0.25, 0.3) is 0 Å². The van der Waals surface area contributed by atoms with Gasteiger partial charge in [-0.3, -0.25) is 9.89 Å². The number of phenols is 2. The predicted molar refractivity (Wildman–Crippen MR) is 219 cm³/mol. The molecule has 3 aromatic carbocycles. The Balaban J connectivity index is 1.20. The van der Waals surface area contributed by atoms with E-state index in [0.717, 1.165) is 81.5 Å². The summed E-state index contributed by atoms with van der Waals surface area (Å²) in [5.41, 5.74) is 9.94. The molecule has 6 atom stereocenters. The van der Waals surface area contributed by atoms with Gasteiger partial charge in [-0.2, -0.15) is 0 Å². The zero-order valence-corrected chi connectivity index (χ0v) is 33.3. The van der Waals surface area contributed by atoms with Gasteiger partial charge in [0.05, 0.1) is 32.0 Å². The highest BCUT2D eigenvalue weighted by Crippen LogP contribution is 2.63. The molecule has 290 valence electrons. The first kappa shape index (κ1) is 35.4. The Bertz CT molecular complexity index is 2180. The van der Waals surface area contributed by atoms with E-state index >= 15 is 0 Å². The van der Waals surface area contributed by atoms with Crippen LogP contribution in [0.5, 0.6) is 23.0 Å². The molecular weight excluding hydrogens is 685 g/mol. The third-order valence-electron chi connectivity index (χ3n) is 15.8. The molecule has 2 N–H and O–H groups in total. The molecule has 55 heavy (non-hydrogen) atoms. The second-order valence-electron chi connectivity index (χ2n) is 18.0. The predicted octanol–water partition coefficient (Wildman–Crippen LogP) is 9.39. The Morgan fingerprint density at radius 3 is 2.44 bits per heavy atom. The molecule has 1 aromatic heterocycles. The van der Waals surface area contributed by atoms with Crippen LogP contribution in [0.25, 0.3) is 10.9 Å². The molecule has 0 radical (unpaired) electrons. The Kier molecular flexibility index (Phi) is 8.38. The normalized spacial score (nSPS) is 31.1. The number of para-hydroxylation sites is 1. The topological polar surface area (TPSA) is 82.7 Å². The van der Waals surface area contributed by atoms with Crippen LogP contribution in [0, 0.1) is 10.8 Å². The summed E-state index contributed by atoms with van der Waals surface area (Å²) in [6.45, 7) is 10.4. The summed E-state index contributed by atoms with van der Waals surface area (Å²) in [6, 6.07) is 17.6. The molecule has 2 bridgehead atoms. The third-order valence-corrected chi connectivity index (χ3v) is 15.8. The van der Waals surface area contributed by atoms with Gasteiger partial charge in [-0.05, 0) is 148 Å². The van der Waals surface area contributed by atoms with Crippen molar-refractivity contribution in [1.29, 1.82) is 0 Å². The van der Waals surface area contributed by atoms with Crippen molar-refractivity contribution in [3.05, 3.63) is 76.5 Å². The van der Waals surface area contributed by atoms with Crippen LogP contribution in [-0.4, -0.2) is 77.2 Å². The number of benzene rings is 3. The number of piperidine rings is 2. The Labute approximate surface area is 326 Å². The lowest BCUT2D eigenvalue weighted by molar-refractivity contribution is -0.0313. The van der Waals surface area contributed by atoms with Gasteiger partial charge >= 0.3 is 0 Å².